The fourth-order valence-corrected chi connectivity index (χ4v) is 2.01. The molecule has 0 aliphatic rings. The highest BCUT2D eigenvalue weighted by molar-refractivity contribution is 7.84. The summed E-state index contributed by atoms with van der Waals surface area (Å²) in [6.07, 6.45) is 14.0. The van der Waals surface area contributed by atoms with E-state index in [1.54, 1.807) is 0 Å². The minimum atomic E-state index is 0.501. The van der Waals surface area contributed by atoms with E-state index in [1.807, 2.05) is 6.08 Å². The molecule has 0 nitrogen and oxygen atoms in total. The maximum atomic E-state index is 4.43. The molecule has 0 bridgehead atoms. The van der Waals surface area contributed by atoms with E-state index >= 15 is 0 Å². The van der Waals surface area contributed by atoms with Gasteiger partial charge in [0.05, 0.1) is 0 Å². The van der Waals surface area contributed by atoms with Crippen LogP contribution in [0.3, 0.4) is 0 Å². The molecular weight excluding hydrogens is 220 g/mol. The molecule has 1 unspecified atom stereocenters. The maximum absolute atomic E-state index is 4.43. The van der Waals surface area contributed by atoms with Crippen LogP contribution in [-0.4, -0.2) is 11.0 Å². The molecule has 0 amide bonds. The zero-order valence-corrected chi connectivity index (χ0v) is 11.6. The van der Waals surface area contributed by atoms with E-state index in [0.29, 0.717) is 5.25 Å². The average molecular weight is 246 g/mol. The Morgan fingerprint density at radius 2 is 1.47 bits per heavy atom. The second kappa shape index (κ2) is 12.5. The van der Waals surface area contributed by atoms with Crippen LogP contribution in [0.4, 0.5) is 0 Å². The molecule has 0 aliphatic heterocycles. The van der Waals surface area contributed by atoms with Crippen molar-refractivity contribution in [2.45, 2.75) is 63.0 Å². The molecule has 0 fully saturated rings. The van der Waals surface area contributed by atoms with E-state index in [9.17, 15) is 0 Å². The number of allylic oxidation sites excluding steroid dienone is 1. The first-order valence-electron chi connectivity index (χ1n) is 6.21. The van der Waals surface area contributed by atoms with Gasteiger partial charge in [0.15, 0.2) is 0 Å². The minimum Gasteiger partial charge on any atom is -0.178 e. The normalized spacial score (nSPS) is 12.7. The molecule has 0 aromatic carbocycles. The van der Waals surface area contributed by atoms with Crippen molar-refractivity contribution in [2.24, 2.45) is 0 Å². The number of hydrogen-bond donors (Lipinski definition) is 2. The van der Waals surface area contributed by atoms with E-state index < -0.39 is 0 Å². The lowest BCUT2D eigenvalue weighted by molar-refractivity contribution is 0.570. The van der Waals surface area contributed by atoms with Crippen LogP contribution in [0.25, 0.3) is 0 Å². The molecule has 90 valence electrons. The van der Waals surface area contributed by atoms with E-state index in [-0.39, 0.29) is 0 Å². The summed E-state index contributed by atoms with van der Waals surface area (Å²) in [5, 5.41) is 0.501. The van der Waals surface area contributed by atoms with Crippen LogP contribution in [0.5, 0.6) is 0 Å². The predicted molar refractivity (Wildman–Crippen MR) is 78.4 cm³/mol. The van der Waals surface area contributed by atoms with Gasteiger partial charge in [-0.05, 0) is 19.3 Å². The molecule has 0 N–H and O–H groups in total. The predicted octanol–water partition coefficient (Wildman–Crippen LogP) is 4.91. The van der Waals surface area contributed by atoms with Gasteiger partial charge in [0.1, 0.15) is 0 Å². The fourth-order valence-electron chi connectivity index (χ4n) is 1.64. The van der Waals surface area contributed by atoms with Crippen molar-refractivity contribution < 1.29 is 0 Å². The van der Waals surface area contributed by atoms with Gasteiger partial charge in [0, 0.05) is 11.0 Å². The summed E-state index contributed by atoms with van der Waals surface area (Å²) in [4.78, 5) is 0. The minimum absolute atomic E-state index is 0.501. The molecule has 1 atom stereocenters. The van der Waals surface area contributed by atoms with Crippen molar-refractivity contribution in [2.75, 3.05) is 5.75 Å². The molecule has 0 radical (unpaired) electrons. The molecule has 2 heteroatoms. The SMILES string of the molecule is C=CCCCCCCCCCC(S)CS. The average Bonchev–Trinajstić information content (AvgIpc) is 2.26. The van der Waals surface area contributed by atoms with Crippen molar-refractivity contribution in [3.05, 3.63) is 12.7 Å². The van der Waals surface area contributed by atoms with Crippen LogP contribution in [0, 0.1) is 0 Å². The first kappa shape index (κ1) is 15.4. The highest BCUT2D eigenvalue weighted by Crippen LogP contribution is 2.13. The van der Waals surface area contributed by atoms with E-state index in [1.165, 1.54) is 57.8 Å². The third-order valence-corrected chi connectivity index (χ3v) is 3.83. The van der Waals surface area contributed by atoms with Crippen LogP contribution >= 0.6 is 25.3 Å². The summed E-state index contributed by atoms with van der Waals surface area (Å²) in [6, 6.07) is 0. The lowest BCUT2D eigenvalue weighted by Gasteiger charge is -2.06. The summed E-state index contributed by atoms with van der Waals surface area (Å²) in [6.45, 7) is 3.73. The third kappa shape index (κ3) is 12.4. The smallest absolute Gasteiger partial charge is 0.0105 e. The molecule has 0 rings (SSSR count). The van der Waals surface area contributed by atoms with Gasteiger partial charge in [-0.2, -0.15) is 25.3 Å². The van der Waals surface area contributed by atoms with Crippen LogP contribution in [0.1, 0.15) is 57.8 Å². The van der Waals surface area contributed by atoms with Gasteiger partial charge in [0.2, 0.25) is 0 Å². The van der Waals surface area contributed by atoms with E-state index in [4.69, 9.17) is 0 Å². The van der Waals surface area contributed by atoms with E-state index in [0.717, 1.165) is 5.75 Å². The van der Waals surface area contributed by atoms with Gasteiger partial charge in [-0.1, -0.05) is 44.6 Å². The Morgan fingerprint density at radius 3 is 2.00 bits per heavy atom. The second-order valence-electron chi connectivity index (χ2n) is 4.18. The lowest BCUT2D eigenvalue weighted by Crippen LogP contribution is -1.99. The number of rotatable bonds is 11. The van der Waals surface area contributed by atoms with Gasteiger partial charge in [0.25, 0.3) is 0 Å². The highest BCUT2D eigenvalue weighted by Gasteiger charge is 1.99. The molecule has 0 saturated carbocycles. The Labute approximate surface area is 107 Å². The van der Waals surface area contributed by atoms with Crippen LogP contribution in [0.2, 0.25) is 0 Å². The molecule has 0 saturated heterocycles. The first-order valence-corrected chi connectivity index (χ1v) is 7.36. The van der Waals surface area contributed by atoms with Crippen LogP contribution < -0.4 is 0 Å². The summed E-state index contributed by atoms with van der Waals surface area (Å²) in [5.74, 6) is 0.907. The largest absolute Gasteiger partial charge is 0.178 e. The van der Waals surface area contributed by atoms with Gasteiger partial charge in [-0.15, -0.1) is 6.58 Å². The molecule has 0 aromatic rings. The van der Waals surface area contributed by atoms with E-state index in [2.05, 4.69) is 31.8 Å². The topological polar surface area (TPSA) is 0 Å². The van der Waals surface area contributed by atoms with Gasteiger partial charge >= 0.3 is 0 Å². The summed E-state index contributed by atoms with van der Waals surface area (Å²) in [7, 11) is 0. The first-order chi connectivity index (χ1) is 7.31. The molecule has 0 heterocycles. The fraction of sp³-hybridized carbons (Fsp3) is 0.846. The third-order valence-electron chi connectivity index (χ3n) is 2.66. The van der Waals surface area contributed by atoms with Crippen molar-refractivity contribution in [3.8, 4) is 0 Å². The Bertz CT molecular complexity index is 134. The second-order valence-corrected chi connectivity index (χ2v) is 5.27. The highest BCUT2D eigenvalue weighted by atomic mass is 32.1. The Morgan fingerprint density at radius 1 is 0.933 bits per heavy atom. The summed E-state index contributed by atoms with van der Waals surface area (Å²) < 4.78 is 0. The zero-order valence-electron chi connectivity index (χ0n) is 9.83. The number of unbranched alkanes of at least 4 members (excludes halogenated alkanes) is 7. The standard InChI is InChI=1S/C13H26S2/c1-2-3-4-5-6-7-8-9-10-11-13(15)12-14/h2,13-15H,1,3-12H2. The monoisotopic (exact) mass is 246 g/mol. The molecule has 0 spiro atoms. The lowest BCUT2D eigenvalue weighted by atomic mass is 10.1. The van der Waals surface area contributed by atoms with Crippen molar-refractivity contribution in [3.63, 3.8) is 0 Å². The van der Waals surface area contributed by atoms with Crippen molar-refractivity contribution in [1.82, 2.24) is 0 Å². The van der Waals surface area contributed by atoms with Gasteiger partial charge in [-0.25, -0.2) is 0 Å². The van der Waals surface area contributed by atoms with Crippen LogP contribution in [-0.2, 0) is 0 Å². The molecular formula is C13H26S2. The molecule has 0 aliphatic carbocycles. The van der Waals surface area contributed by atoms with Gasteiger partial charge < -0.3 is 0 Å². The van der Waals surface area contributed by atoms with Crippen molar-refractivity contribution in [1.29, 1.82) is 0 Å². The summed E-state index contributed by atoms with van der Waals surface area (Å²) in [5.41, 5.74) is 0. The van der Waals surface area contributed by atoms with Crippen LogP contribution in [0.15, 0.2) is 12.7 Å². The Balaban J connectivity index is 2.95. The molecule has 0 aromatic heterocycles. The Hall–Kier alpha value is 0.440. The summed E-state index contributed by atoms with van der Waals surface area (Å²) >= 11 is 8.65. The molecule has 15 heavy (non-hydrogen) atoms. The quantitative estimate of drug-likeness (QED) is 0.289. The number of hydrogen-bond acceptors (Lipinski definition) is 2. The number of thiol groups is 2. The van der Waals surface area contributed by atoms with Crippen molar-refractivity contribution >= 4 is 25.3 Å². The van der Waals surface area contributed by atoms with Gasteiger partial charge in [-0.3, -0.25) is 0 Å². The maximum Gasteiger partial charge on any atom is 0.0105 e. The zero-order chi connectivity index (χ0) is 11.4. The Kier molecular flexibility index (Phi) is 12.9.